The Bertz CT molecular complexity index is 4480. The largest absolute Gasteiger partial charge is 0.524 e. The number of carbonyl (C=O) groups is 8. The minimum absolute atomic E-state index is 0.0138. The Kier molecular flexibility index (Phi) is 27.9. The van der Waals surface area contributed by atoms with Crippen molar-refractivity contribution in [3.8, 4) is 28.8 Å². The fraction of sp³-hybridized carbons (Fsp3) is 0.521. The molecule has 626 valence electrons. The van der Waals surface area contributed by atoms with E-state index in [1.165, 1.54) is 69.6 Å². The number of aliphatic carboxylic acids is 1. The van der Waals surface area contributed by atoms with E-state index in [0.717, 1.165) is 37.1 Å². The highest BCUT2D eigenvalue weighted by Crippen LogP contribution is 2.47. The van der Waals surface area contributed by atoms with Gasteiger partial charge in [-0.1, -0.05) is 43.9 Å². The van der Waals surface area contributed by atoms with Crippen molar-refractivity contribution in [3.63, 3.8) is 0 Å². The number of halogens is 10. The van der Waals surface area contributed by atoms with Crippen molar-refractivity contribution < 1.29 is 135 Å². The summed E-state index contributed by atoms with van der Waals surface area (Å²) in [6.07, 6.45) is -14.4. The monoisotopic (exact) mass is 1650 g/mol. The summed E-state index contributed by atoms with van der Waals surface area (Å²) >= 11 is 0. The number of ether oxygens (including phenoxy) is 6. The number of carboxylic acid groups (broad SMARTS) is 1. The number of hydrogen-bond donors (Lipinski definition) is 7. The molecule has 7 atom stereocenters. The highest BCUT2D eigenvalue weighted by molar-refractivity contribution is 7.46. The van der Waals surface area contributed by atoms with E-state index >= 15 is 35.1 Å². The molecule has 4 aliphatic heterocycles. The molecule has 5 aromatic rings. The number of likely N-dealkylation sites (tertiary alicyclic amines) is 1. The summed E-state index contributed by atoms with van der Waals surface area (Å²) in [4.78, 5) is 145. The number of nitrogens with one attached hydrogen (secondary N) is 4. The molecule has 42 heteroatoms. The van der Waals surface area contributed by atoms with Gasteiger partial charge in [-0.2, -0.15) is 40.2 Å². The van der Waals surface area contributed by atoms with Crippen LogP contribution in [0.3, 0.4) is 0 Å². The molecule has 4 saturated heterocycles. The van der Waals surface area contributed by atoms with Gasteiger partial charge in [0.05, 0.1) is 81.0 Å². The van der Waals surface area contributed by atoms with E-state index in [1.807, 2.05) is 10.7 Å². The maximum atomic E-state index is 16.8. The minimum atomic E-state index is -5.44. The maximum Gasteiger partial charge on any atom is 0.524 e. The Labute approximate surface area is 651 Å². The lowest BCUT2D eigenvalue weighted by molar-refractivity contribution is -0.221. The highest BCUT2D eigenvalue weighted by Gasteiger charge is 2.58. The Morgan fingerprint density at radius 3 is 1.87 bits per heavy atom. The molecule has 5 amide bonds. The third-order valence-corrected chi connectivity index (χ3v) is 20.7. The van der Waals surface area contributed by atoms with Crippen molar-refractivity contribution in [1.29, 1.82) is 0 Å². The maximum absolute atomic E-state index is 16.8. The summed E-state index contributed by atoms with van der Waals surface area (Å²) < 4.78 is 200. The summed E-state index contributed by atoms with van der Waals surface area (Å²) in [6.45, 7) is 1.31. The third kappa shape index (κ3) is 22.0. The number of amides is 5. The molecule has 2 unspecified atom stereocenters. The molecule has 7 N–H and O–H groups in total. The second-order valence-electron chi connectivity index (χ2n) is 29.7. The topological polar surface area (TPSA) is 384 Å². The van der Waals surface area contributed by atoms with Crippen molar-refractivity contribution in [2.75, 3.05) is 65.3 Å². The third-order valence-electron chi connectivity index (χ3n) is 20.3. The molecule has 2 bridgehead atoms. The predicted octanol–water partition coefficient (Wildman–Crippen LogP) is 8.44. The number of carbonyl (C=O) groups excluding carboxylic acids is 7. The van der Waals surface area contributed by atoms with Gasteiger partial charge in [0.1, 0.15) is 41.6 Å². The molecule has 0 spiro atoms. The number of aryl methyl sites for hydroxylation is 1. The fourth-order valence-corrected chi connectivity index (χ4v) is 14.4. The van der Waals surface area contributed by atoms with E-state index < -0.39 is 195 Å². The van der Waals surface area contributed by atoms with Gasteiger partial charge in [-0.05, 0) is 120 Å². The highest BCUT2D eigenvalue weighted by atomic mass is 31.2. The van der Waals surface area contributed by atoms with Crippen LogP contribution in [0.15, 0.2) is 73.2 Å². The van der Waals surface area contributed by atoms with Gasteiger partial charge in [0.25, 0.3) is 5.91 Å². The van der Waals surface area contributed by atoms with E-state index in [0.29, 0.717) is 114 Å². The van der Waals surface area contributed by atoms with Crippen molar-refractivity contribution in [3.05, 3.63) is 124 Å². The number of benzene rings is 3. The van der Waals surface area contributed by atoms with E-state index in [2.05, 4.69) is 51.5 Å². The molecule has 4 fully saturated rings. The predicted molar refractivity (Wildman–Crippen MR) is 381 cm³/mol. The quantitative estimate of drug-likeness (QED) is 0.00431. The molecule has 0 aliphatic carbocycles. The standard InChI is InChI=1S/C73H85F10N12O19P/c1-39-23-44(28-56(96)93-21-10-11-53(93)63(100)101)58(54(24-39)114-115(105,106)107)69(2,3)29-57(97)111-38-112-68(104)113-55(35-92(90-62(99)60(88-67(103)109-9)71(6,7)73(81,82)83)34-48-49(74)26-43(27-50(48)75)51-20-22-94(89-51)64(76)77)52(86-61(98)59(87-66(102)108-8)70(4,5)72(78,79)80)25-41-15-12-40(13-16-41)14-17-42-30-84-65(85-31-42)91-32-45-18-19-46(33-91)95(45)47-36-110-37-47/h12-13,15-16,20,22-24,26-27,30-31,45-47,52-53,55,59-60,64H,10-11,18-19,21,25,28-29,32-38H2,1-9H3,(H,86,98)(H,87,102)(H,88,103)(H,90,99)(H,100,101)(H2,105,106,107)/t45?,46?,52-,53-,55-,59+,60+/m0/s1. The molecule has 2 aromatic heterocycles. The van der Waals surface area contributed by atoms with Gasteiger partial charge in [0, 0.05) is 84.5 Å². The van der Waals surface area contributed by atoms with Gasteiger partial charge in [-0.3, -0.25) is 39.3 Å². The summed E-state index contributed by atoms with van der Waals surface area (Å²) in [5.41, 5.74) is -7.47. The zero-order valence-corrected chi connectivity index (χ0v) is 64.3. The van der Waals surface area contributed by atoms with Crippen LogP contribution in [0.2, 0.25) is 0 Å². The average molecular weight is 1660 g/mol. The van der Waals surface area contributed by atoms with Crippen molar-refractivity contribution in [2.45, 2.75) is 173 Å². The lowest BCUT2D eigenvalue weighted by atomic mass is 9.77. The Morgan fingerprint density at radius 1 is 0.757 bits per heavy atom. The first-order chi connectivity index (χ1) is 53.8. The number of phosphoric ester groups is 1. The lowest BCUT2D eigenvalue weighted by Gasteiger charge is -2.47. The zero-order valence-electron chi connectivity index (χ0n) is 63.4. The molecule has 9 rings (SSSR count). The van der Waals surface area contributed by atoms with Gasteiger partial charge < -0.3 is 63.8 Å². The van der Waals surface area contributed by atoms with Crippen LogP contribution in [0.1, 0.15) is 119 Å². The molecule has 6 heterocycles. The minimum Gasteiger partial charge on any atom is -0.480 e. The van der Waals surface area contributed by atoms with Crippen molar-refractivity contribution >= 4 is 61.8 Å². The number of aromatic nitrogens is 4. The number of methoxy groups -OCH3 is 2. The molecule has 0 radical (unpaired) electrons. The Morgan fingerprint density at radius 2 is 1.34 bits per heavy atom. The summed E-state index contributed by atoms with van der Waals surface area (Å²) in [5, 5.41) is 19.7. The van der Waals surface area contributed by atoms with Crippen LogP contribution < -0.4 is 30.8 Å². The first-order valence-corrected chi connectivity index (χ1v) is 37.2. The summed E-state index contributed by atoms with van der Waals surface area (Å²) in [5.74, 6) is -4.27. The molecule has 31 nitrogen and oxygen atoms in total. The number of alkyl halides is 8. The summed E-state index contributed by atoms with van der Waals surface area (Å²) in [6, 6.07) is 2.32. The number of hydrazine groups is 1. The normalized spacial score (nSPS) is 17.9. The average Bonchev–Trinajstić information content (AvgIpc) is 1.68. The zero-order chi connectivity index (χ0) is 84.6. The first kappa shape index (κ1) is 88.5. The number of anilines is 1. The van der Waals surface area contributed by atoms with E-state index in [9.17, 15) is 66.6 Å². The van der Waals surface area contributed by atoms with E-state index in [-0.39, 0.29) is 45.5 Å². The van der Waals surface area contributed by atoms with Gasteiger partial charge in [-0.25, -0.2) is 52.2 Å². The first-order valence-electron chi connectivity index (χ1n) is 35.7. The van der Waals surface area contributed by atoms with E-state index in [4.69, 9.17) is 23.5 Å². The number of piperazine rings is 1. The van der Waals surface area contributed by atoms with Crippen LogP contribution in [-0.4, -0.2) is 219 Å². The second-order valence-corrected chi connectivity index (χ2v) is 30.8. The molecule has 0 saturated carbocycles. The number of esters is 1. The Hall–Kier alpha value is -10.4. The lowest BCUT2D eigenvalue weighted by Crippen LogP contribution is -2.64. The number of alkyl carbamates (subject to hydrolysis) is 2. The van der Waals surface area contributed by atoms with Crippen LogP contribution in [-0.2, 0) is 81.8 Å². The van der Waals surface area contributed by atoms with Crippen LogP contribution in [0.25, 0.3) is 11.3 Å². The van der Waals surface area contributed by atoms with Gasteiger partial charge in [0.15, 0.2) is 0 Å². The van der Waals surface area contributed by atoms with Crippen LogP contribution >= 0.6 is 7.82 Å². The Balaban J connectivity index is 1.09. The number of phosphoric acid groups is 1. The second kappa shape index (κ2) is 36.2. The number of carboxylic acids is 1. The van der Waals surface area contributed by atoms with Crippen LogP contribution in [0, 0.1) is 41.2 Å². The fourth-order valence-electron chi connectivity index (χ4n) is 14.0. The van der Waals surface area contributed by atoms with Crippen molar-refractivity contribution in [1.82, 2.24) is 55.9 Å². The van der Waals surface area contributed by atoms with Gasteiger partial charge >= 0.3 is 57.0 Å². The van der Waals surface area contributed by atoms with Crippen LogP contribution in [0.4, 0.5) is 64.2 Å². The summed E-state index contributed by atoms with van der Waals surface area (Å²) in [7, 11) is -3.99. The number of fused-ring (bicyclic) bond motifs is 2. The molecular weight excluding hydrogens is 1570 g/mol. The molecule has 3 aromatic carbocycles. The number of rotatable bonds is 30. The molecule has 4 aliphatic rings. The van der Waals surface area contributed by atoms with E-state index in [1.54, 1.807) is 5.32 Å². The van der Waals surface area contributed by atoms with Gasteiger partial charge in [0.2, 0.25) is 24.6 Å². The number of nitrogens with zero attached hydrogens (tertiary/aromatic N) is 8. The smallest absolute Gasteiger partial charge is 0.480 e. The van der Waals surface area contributed by atoms with Gasteiger partial charge in [-0.15, -0.1) is 0 Å². The van der Waals surface area contributed by atoms with Crippen LogP contribution in [0.5, 0.6) is 5.75 Å². The SMILES string of the molecule is COC(=O)N[C@H](C(=O)N[C@@H](Cc1ccc(C#Cc2cnc(N3CC4CCC(C3)N4C3COC3)nc2)cc1)[C@H](CN(Cc1c(F)cc(-c2ccn(C(F)F)n2)cc1F)NC(=O)[C@@H](NC(=O)OC)C(C)(C)C(F)(F)F)OC(=O)OCOC(=O)CC(C)(C)c1c(CC(=O)N2CCC[C@H]2C(=O)O)cc(C)cc1OP(=O)(O)O)C(C)(C)C(F)(F)F. The molecule has 115 heavy (non-hydrogen) atoms. The number of hydrogen-bond acceptors (Lipinski definition) is 22. The van der Waals surface area contributed by atoms with Crippen molar-refractivity contribution in [2.24, 2.45) is 10.8 Å². The molecular formula is C73H85F10N12O19P.